The van der Waals surface area contributed by atoms with Crippen molar-refractivity contribution in [3.8, 4) is 0 Å². The summed E-state index contributed by atoms with van der Waals surface area (Å²) in [5.41, 5.74) is -1.18. The van der Waals surface area contributed by atoms with Gasteiger partial charge < -0.3 is 15.0 Å². The summed E-state index contributed by atoms with van der Waals surface area (Å²) < 4.78 is 1.14. The van der Waals surface area contributed by atoms with Crippen LogP contribution in [0, 0.1) is 10.1 Å². The van der Waals surface area contributed by atoms with Crippen LogP contribution in [0.25, 0.3) is 0 Å². The van der Waals surface area contributed by atoms with E-state index in [4.69, 9.17) is 0 Å². The number of aliphatic hydroxyl groups is 1. The highest BCUT2D eigenvalue weighted by Crippen LogP contribution is 2.02. The minimum Gasteiger partial charge on any atom is -0.390 e. The molecule has 1 aromatic heterocycles. The lowest BCUT2D eigenvalue weighted by Gasteiger charge is -2.12. The van der Waals surface area contributed by atoms with Crippen molar-refractivity contribution in [2.45, 2.75) is 19.6 Å². The van der Waals surface area contributed by atoms with Crippen LogP contribution in [-0.4, -0.2) is 33.8 Å². The van der Waals surface area contributed by atoms with Crippen molar-refractivity contribution < 1.29 is 10.0 Å². The Hall–Kier alpha value is -1.73. The minimum atomic E-state index is -0.755. The fourth-order valence-corrected chi connectivity index (χ4v) is 1.41. The molecule has 1 rings (SSSR count). The van der Waals surface area contributed by atoms with Crippen LogP contribution in [0.5, 0.6) is 0 Å². The second-order valence-corrected chi connectivity index (χ2v) is 3.57. The molecule has 0 saturated heterocycles. The molecule has 7 heteroatoms. The average molecular weight is 241 g/mol. The Balaban J connectivity index is 2.82. The van der Waals surface area contributed by atoms with Gasteiger partial charge in [-0.15, -0.1) is 0 Å². The van der Waals surface area contributed by atoms with Crippen molar-refractivity contribution in [3.63, 3.8) is 0 Å². The van der Waals surface area contributed by atoms with Crippen molar-refractivity contribution in [2.75, 3.05) is 13.1 Å². The van der Waals surface area contributed by atoms with Crippen LogP contribution in [0.15, 0.2) is 23.1 Å². The topological polar surface area (TPSA) is 97.4 Å². The summed E-state index contributed by atoms with van der Waals surface area (Å²) in [6.07, 6.45) is 0.666. The summed E-state index contributed by atoms with van der Waals surface area (Å²) in [5, 5.41) is 23.1. The summed E-state index contributed by atoms with van der Waals surface area (Å²) in [6, 6.07) is 2.56. The number of rotatable bonds is 6. The maximum Gasteiger partial charge on any atom is 0.334 e. The summed E-state index contributed by atoms with van der Waals surface area (Å²) >= 11 is 0. The third-order valence-electron chi connectivity index (χ3n) is 2.23. The van der Waals surface area contributed by atoms with Gasteiger partial charge in [0.15, 0.2) is 0 Å². The molecule has 2 N–H and O–H groups in total. The van der Waals surface area contributed by atoms with E-state index in [2.05, 4.69) is 5.32 Å². The summed E-state index contributed by atoms with van der Waals surface area (Å²) in [6.45, 7) is 2.98. The highest BCUT2D eigenvalue weighted by atomic mass is 16.6. The zero-order valence-corrected chi connectivity index (χ0v) is 9.50. The second kappa shape index (κ2) is 6.12. The molecule has 94 valence electrons. The van der Waals surface area contributed by atoms with E-state index in [9.17, 15) is 20.0 Å². The van der Waals surface area contributed by atoms with E-state index in [1.165, 1.54) is 12.3 Å². The van der Waals surface area contributed by atoms with Gasteiger partial charge in [0.25, 0.3) is 0 Å². The summed E-state index contributed by atoms with van der Waals surface area (Å²) in [4.78, 5) is 21.4. The third-order valence-corrected chi connectivity index (χ3v) is 2.23. The van der Waals surface area contributed by atoms with Crippen LogP contribution in [0.4, 0.5) is 5.69 Å². The Morgan fingerprint density at radius 2 is 2.35 bits per heavy atom. The SMILES string of the molecule is CCNCC(O)Cn1cccc([N+](=O)[O-])c1=O. The van der Waals surface area contributed by atoms with E-state index in [0.29, 0.717) is 13.1 Å². The van der Waals surface area contributed by atoms with Gasteiger partial charge in [-0.25, -0.2) is 0 Å². The number of nitrogens with zero attached hydrogens (tertiary/aromatic N) is 2. The van der Waals surface area contributed by atoms with Gasteiger partial charge in [-0.2, -0.15) is 0 Å². The Morgan fingerprint density at radius 3 is 2.94 bits per heavy atom. The van der Waals surface area contributed by atoms with Crippen LogP contribution >= 0.6 is 0 Å². The van der Waals surface area contributed by atoms with Gasteiger partial charge in [0.05, 0.1) is 17.6 Å². The van der Waals surface area contributed by atoms with E-state index in [1.807, 2.05) is 6.92 Å². The van der Waals surface area contributed by atoms with E-state index < -0.39 is 22.3 Å². The predicted octanol–water partition coefficient (Wildman–Crippen LogP) is -0.273. The number of nitrogens with one attached hydrogen (secondary N) is 1. The lowest BCUT2D eigenvalue weighted by Crippen LogP contribution is -2.34. The van der Waals surface area contributed by atoms with E-state index >= 15 is 0 Å². The molecule has 7 nitrogen and oxygen atoms in total. The summed E-state index contributed by atoms with van der Waals surface area (Å²) in [5.74, 6) is 0. The molecule has 1 atom stereocenters. The second-order valence-electron chi connectivity index (χ2n) is 3.57. The summed E-state index contributed by atoms with van der Waals surface area (Å²) in [7, 11) is 0. The number of likely N-dealkylation sites (N-methyl/N-ethyl adjacent to an activating group) is 1. The van der Waals surface area contributed by atoms with Gasteiger partial charge in [-0.05, 0) is 12.6 Å². The van der Waals surface area contributed by atoms with Gasteiger partial charge in [0.1, 0.15) is 0 Å². The quantitative estimate of drug-likeness (QED) is 0.527. The molecule has 0 radical (unpaired) electrons. The molecule has 0 aliphatic carbocycles. The Kier molecular flexibility index (Phi) is 4.80. The van der Waals surface area contributed by atoms with Crippen LogP contribution in [0.1, 0.15) is 6.92 Å². The van der Waals surface area contributed by atoms with Gasteiger partial charge in [0, 0.05) is 18.8 Å². The van der Waals surface area contributed by atoms with Gasteiger partial charge in [-0.3, -0.25) is 14.9 Å². The zero-order valence-electron chi connectivity index (χ0n) is 9.50. The fourth-order valence-electron chi connectivity index (χ4n) is 1.41. The number of aromatic nitrogens is 1. The standard InChI is InChI=1S/C10H15N3O4/c1-2-11-6-8(14)7-12-5-3-4-9(10(12)15)13(16)17/h3-5,8,11,14H,2,6-7H2,1H3. The van der Waals surface area contributed by atoms with E-state index in [-0.39, 0.29) is 6.54 Å². The zero-order chi connectivity index (χ0) is 12.8. The van der Waals surface area contributed by atoms with Crippen LogP contribution < -0.4 is 10.9 Å². The highest BCUT2D eigenvalue weighted by molar-refractivity contribution is 5.25. The minimum absolute atomic E-state index is 0.0352. The van der Waals surface area contributed by atoms with Crippen molar-refractivity contribution in [2.24, 2.45) is 0 Å². The number of hydrogen-bond acceptors (Lipinski definition) is 5. The maximum absolute atomic E-state index is 11.6. The third kappa shape index (κ3) is 3.65. The Morgan fingerprint density at radius 1 is 1.65 bits per heavy atom. The van der Waals surface area contributed by atoms with Crippen molar-refractivity contribution >= 4 is 5.69 Å². The van der Waals surface area contributed by atoms with Gasteiger partial charge in [0.2, 0.25) is 0 Å². The Labute approximate surface area is 97.8 Å². The first-order valence-electron chi connectivity index (χ1n) is 5.29. The van der Waals surface area contributed by atoms with Crippen LogP contribution in [0.2, 0.25) is 0 Å². The normalized spacial score (nSPS) is 12.4. The molecule has 0 saturated carbocycles. The molecule has 1 aromatic rings. The van der Waals surface area contributed by atoms with E-state index in [0.717, 1.165) is 10.6 Å². The molecule has 0 spiro atoms. The first-order valence-corrected chi connectivity index (χ1v) is 5.29. The smallest absolute Gasteiger partial charge is 0.334 e. The number of aliphatic hydroxyl groups excluding tert-OH is 1. The fraction of sp³-hybridized carbons (Fsp3) is 0.500. The largest absolute Gasteiger partial charge is 0.390 e. The predicted molar refractivity (Wildman–Crippen MR) is 61.9 cm³/mol. The first kappa shape index (κ1) is 13.3. The molecule has 0 aromatic carbocycles. The molecular weight excluding hydrogens is 226 g/mol. The monoisotopic (exact) mass is 241 g/mol. The van der Waals surface area contributed by atoms with Crippen molar-refractivity contribution in [1.82, 2.24) is 9.88 Å². The molecule has 0 fully saturated rings. The first-order chi connectivity index (χ1) is 8.06. The molecule has 0 bridgehead atoms. The highest BCUT2D eigenvalue weighted by Gasteiger charge is 2.15. The van der Waals surface area contributed by atoms with E-state index in [1.54, 1.807) is 0 Å². The molecule has 0 amide bonds. The van der Waals surface area contributed by atoms with Crippen LogP contribution in [-0.2, 0) is 6.54 Å². The van der Waals surface area contributed by atoms with Gasteiger partial charge in [-0.1, -0.05) is 6.92 Å². The number of nitro groups is 1. The van der Waals surface area contributed by atoms with Gasteiger partial charge >= 0.3 is 11.2 Å². The average Bonchev–Trinajstić information content (AvgIpc) is 2.28. The molecule has 1 unspecified atom stereocenters. The number of hydrogen-bond donors (Lipinski definition) is 2. The molecule has 0 aliphatic heterocycles. The lowest BCUT2D eigenvalue weighted by molar-refractivity contribution is -0.386. The number of pyridine rings is 1. The molecule has 17 heavy (non-hydrogen) atoms. The molecule has 0 aliphatic rings. The molecular formula is C10H15N3O4. The Bertz CT molecular complexity index is 443. The molecule has 1 heterocycles. The van der Waals surface area contributed by atoms with Crippen molar-refractivity contribution in [3.05, 3.63) is 38.8 Å². The maximum atomic E-state index is 11.6. The lowest BCUT2D eigenvalue weighted by atomic mass is 10.3. The van der Waals surface area contributed by atoms with Crippen molar-refractivity contribution in [1.29, 1.82) is 0 Å². The van der Waals surface area contributed by atoms with Crippen LogP contribution in [0.3, 0.4) is 0 Å².